The van der Waals surface area contributed by atoms with Gasteiger partial charge in [-0.25, -0.2) is 14.8 Å². The fourth-order valence-electron chi connectivity index (χ4n) is 2.63. The molecule has 25 heavy (non-hydrogen) atoms. The van der Waals surface area contributed by atoms with Gasteiger partial charge in [0.1, 0.15) is 0 Å². The molecule has 0 aliphatic carbocycles. The Morgan fingerprint density at radius 1 is 1.20 bits per heavy atom. The van der Waals surface area contributed by atoms with Gasteiger partial charge in [-0.3, -0.25) is 0 Å². The molecule has 1 saturated heterocycles. The van der Waals surface area contributed by atoms with Crippen LogP contribution in [0.3, 0.4) is 0 Å². The molecule has 1 N–H and O–H groups in total. The molecule has 1 aliphatic rings. The van der Waals surface area contributed by atoms with E-state index in [2.05, 4.69) is 36.9 Å². The number of carbonyl (C=O) groups excluding carboxylic acids is 1. The Morgan fingerprint density at radius 2 is 1.88 bits per heavy atom. The Bertz CT molecular complexity index is 745. The van der Waals surface area contributed by atoms with Crippen LogP contribution in [-0.2, 0) is 4.74 Å². The molecule has 3 rings (SSSR count). The van der Waals surface area contributed by atoms with Gasteiger partial charge in [-0.1, -0.05) is 11.6 Å². The van der Waals surface area contributed by atoms with Crippen LogP contribution in [0.4, 0.5) is 17.3 Å². The van der Waals surface area contributed by atoms with Gasteiger partial charge >= 0.3 is 5.97 Å². The van der Waals surface area contributed by atoms with E-state index in [4.69, 9.17) is 11.6 Å². The molecule has 1 aliphatic heterocycles. The number of hydrogen-bond donors (Lipinski definition) is 1. The highest BCUT2D eigenvalue weighted by Gasteiger charge is 2.17. The second kappa shape index (κ2) is 7.67. The summed E-state index contributed by atoms with van der Waals surface area (Å²) in [5.41, 5.74) is 2.12. The van der Waals surface area contributed by atoms with E-state index < -0.39 is 5.97 Å². The van der Waals surface area contributed by atoms with Crippen LogP contribution >= 0.6 is 11.6 Å². The van der Waals surface area contributed by atoms with Gasteiger partial charge in [0.2, 0.25) is 5.95 Å². The van der Waals surface area contributed by atoms with Crippen LogP contribution < -0.4 is 10.2 Å². The summed E-state index contributed by atoms with van der Waals surface area (Å²) < 4.78 is 4.62. The molecule has 0 amide bonds. The van der Waals surface area contributed by atoms with E-state index in [-0.39, 0.29) is 0 Å². The molecular formula is C17H20ClN5O2. The van der Waals surface area contributed by atoms with Gasteiger partial charge in [0, 0.05) is 44.3 Å². The lowest BCUT2D eigenvalue weighted by Crippen LogP contribution is -2.44. The molecule has 7 nitrogen and oxygen atoms in total. The number of piperazine rings is 1. The number of halogens is 1. The molecular weight excluding hydrogens is 342 g/mol. The minimum atomic E-state index is -0.467. The largest absolute Gasteiger partial charge is 0.465 e. The highest BCUT2D eigenvalue weighted by atomic mass is 35.5. The second-order valence-electron chi connectivity index (χ2n) is 5.87. The average Bonchev–Trinajstić information content (AvgIpc) is 2.63. The third kappa shape index (κ3) is 4.18. The van der Waals surface area contributed by atoms with E-state index in [1.807, 2.05) is 18.2 Å². The first-order chi connectivity index (χ1) is 12.1. The van der Waals surface area contributed by atoms with Gasteiger partial charge in [0.05, 0.1) is 23.4 Å². The van der Waals surface area contributed by atoms with Crippen molar-refractivity contribution in [2.45, 2.75) is 0 Å². The van der Waals surface area contributed by atoms with Crippen LogP contribution in [-0.4, -0.2) is 61.2 Å². The molecule has 0 unspecified atom stereocenters. The minimum Gasteiger partial charge on any atom is -0.465 e. The van der Waals surface area contributed by atoms with Crippen LogP contribution in [0.1, 0.15) is 10.4 Å². The van der Waals surface area contributed by atoms with Crippen molar-refractivity contribution in [1.29, 1.82) is 0 Å². The zero-order valence-corrected chi connectivity index (χ0v) is 15.0. The molecule has 8 heteroatoms. The number of esters is 1. The zero-order chi connectivity index (χ0) is 17.8. The van der Waals surface area contributed by atoms with Crippen LogP contribution in [0, 0.1) is 0 Å². The van der Waals surface area contributed by atoms with Gasteiger partial charge in [0.15, 0.2) is 0 Å². The van der Waals surface area contributed by atoms with Crippen LogP contribution in [0.25, 0.3) is 0 Å². The molecule has 1 aromatic heterocycles. The van der Waals surface area contributed by atoms with Gasteiger partial charge in [-0.2, -0.15) is 0 Å². The molecule has 1 aromatic carbocycles. The topological polar surface area (TPSA) is 70.6 Å². The molecule has 0 spiro atoms. The first-order valence-electron chi connectivity index (χ1n) is 7.97. The first-order valence-corrected chi connectivity index (χ1v) is 8.35. The first kappa shape index (κ1) is 17.4. The van der Waals surface area contributed by atoms with Crippen molar-refractivity contribution < 1.29 is 9.53 Å². The van der Waals surface area contributed by atoms with E-state index in [1.165, 1.54) is 19.5 Å². The third-order valence-corrected chi connectivity index (χ3v) is 4.42. The summed E-state index contributed by atoms with van der Waals surface area (Å²) in [6.07, 6.45) is 2.84. The predicted octanol–water partition coefficient (Wildman–Crippen LogP) is 2.41. The lowest BCUT2D eigenvalue weighted by molar-refractivity contribution is 0.0600. The van der Waals surface area contributed by atoms with Crippen LogP contribution in [0.15, 0.2) is 30.6 Å². The van der Waals surface area contributed by atoms with Crippen molar-refractivity contribution in [3.05, 3.63) is 41.2 Å². The Labute approximate surface area is 151 Å². The maximum absolute atomic E-state index is 11.4. The summed E-state index contributed by atoms with van der Waals surface area (Å²) in [6.45, 7) is 3.97. The van der Waals surface area contributed by atoms with Crippen molar-refractivity contribution in [3.63, 3.8) is 0 Å². The quantitative estimate of drug-likeness (QED) is 0.838. The van der Waals surface area contributed by atoms with Crippen molar-refractivity contribution in [2.24, 2.45) is 0 Å². The number of rotatable bonds is 4. The van der Waals surface area contributed by atoms with Crippen molar-refractivity contribution in [3.8, 4) is 0 Å². The molecule has 0 saturated carbocycles. The maximum atomic E-state index is 11.4. The number of ether oxygens (including phenoxy) is 1. The number of nitrogens with one attached hydrogen (secondary N) is 1. The van der Waals surface area contributed by atoms with Gasteiger partial charge in [-0.05, 0) is 25.2 Å². The number of anilines is 3. The molecule has 0 radical (unpaired) electrons. The van der Waals surface area contributed by atoms with Crippen molar-refractivity contribution in [2.75, 3.05) is 50.6 Å². The fraction of sp³-hybridized carbons (Fsp3) is 0.353. The van der Waals surface area contributed by atoms with Crippen LogP contribution in [0.5, 0.6) is 0 Å². The highest BCUT2D eigenvalue weighted by molar-refractivity contribution is 6.33. The Morgan fingerprint density at radius 3 is 2.48 bits per heavy atom. The standard InChI is InChI=1S/C17H20ClN5O2/c1-22-5-7-23(8-6-22)15-4-3-13(9-14(15)18)21-17-19-10-12(11-20-17)16(24)25-2/h3-4,9-11H,5-8H2,1-2H3,(H,19,20,21). The summed E-state index contributed by atoms with van der Waals surface area (Å²) in [6, 6.07) is 5.79. The van der Waals surface area contributed by atoms with Gasteiger partial charge in [0.25, 0.3) is 0 Å². The SMILES string of the molecule is COC(=O)c1cnc(Nc2ccc(N3CCN(C)CC3)c(Cl)c2)nc1. The number of likely N-dealkylation sites (N-methyl/N-ethyl adjacent to an activating group) is 1. The zero-order valence-electron chi connectivity index (χ0n) is 14.2. The smallest absolute Gasteiger partial charge is 0.341 e. The fourth-order valence-corrected chi connectivity index (χ4v) is 2.93. The molecule has 2 heterocycles. The Balaban J connectivity index is 1.69. The lowest BCUT2D eigenvalue weighted by atomic mass is 10.2. The Hall–Kier alpha value is -2.38. The number of aromatic nitrogens is 2. The summed E-state index contributed by atoms with van der Waals surface area (Å²) in [5.74, 6) is -0.0813. The molecule has 2 aromatic rings. The second-order valence-corrected chi connectivity index (χ2v) is 6.28. The normalized spacial score (nSPS) is 15.1. The monoisotopic (exact) mass is 361 g/mol. The number of methoxy groups -OCH3 is 1. The van der Waals surface area contributed by atoms with E-state index in [1.54, 1.807) is 0 Å². The predicted molar refractivity (Wildman–Crippen MR) is 97.8 cm³/mol. The third-order valence-electron chi connectivity index (χ3n) is 4.12. The molecule has 0 atom stereocenters. The van der Waals surface area contributed by atoms with Crippen LogP contribution in [0.2, 0.25) is 5.02 Å². The van der Waals surface area contributed by atoms with Crippen molar-refractivity contribution >= 4 is 34.9 Å². The number of benzene rings is 1. The van der Waals surface area contributed by atoms with E-state index in [0.29, 0.717) is 16.5 Å². The summed E-state index contributed by atoms with van der Waals surface area (Å²) in [4.78, 5) is 24.2. The lowest BCUT2D eigenvalue weighted by Gasteiger charge is -2.34. The summed E-state index contributed by atoms with van der Waals surface area (Å²) >= 11 is 6.45. The van der Waals surface area contributed by atoms with E-state index >= 15 is 0 Å². The number of carbonyl (C=O) groups is 1. The number of hydrogen-bond acceptors (Lipinski definition) is 7. The molecule has 0 bridgehead atoms. The van der Waals surface area contributed by atoms with E-state index in [9.17, 15) is 4.79 Å². The summed E-state index contributed by atoms with van der Waals surface area (Å²) in [7, 11) is 3.44. The summed E-state index contributed by atoms with van der Waals surface area (Å²) in [5, 5.41) is 3.76. The van der Waals surface area contributed by atoms with Crippen molar-refractivity contribution in [1.82, 2.24) is 14.9 Å². The average molecular weight is 362 g/mol. The Kier molecular flexibility index (Phi) is 5.35. The molecule has 132 valence electrons. The minimum absolute atomic E-state index is 0.302. The van der Waals surface area contributed by atoms with Gasteiger partial charge in [-0.15, -0.1) is 0 Å². The van der Waals surface area contributed by atoms with Gasteiger partial charge < -0.3 is 19.9 Å². The van der Waals surface area contributed by atoms with E-state index in [0.717, 1.165) is 37.6 Å². The number of nitrogens with zero attached hydrogens (tertiary/aromatic N) is 4. The molecule has 1 fully saturated rings. The highest BCUT2D eigenvalue weighted by Crippen LogP contribution is 2.30. The maximum Gasteiger partial charge on any atom is 0.341 e.